The first-order valence-corrected chi connectivity index (χ1v) is 8.81. The number of benzene rings is 2. The van der Waals surface area contributed by atoms with Gasteiger partial charge in [0.15, 0.2) is 0 Å². The maximum Gasteiger partial charge on any atom is 0.253 e. The highest BCUT2D eigenvalue weighted by atomic mass is 16.5. The Morgan fingerprint density at radius 3 is 2.60 bits per heavy atom. The molecular weight excluding hydrogens is 314 g/mol. The molecule has 0 bridgehead atoms. The molecule has 1 atom stereocenters. The van der Waals surface area contributed by atoms with Crippen molar-refractivity contribution in [2.75, 3.05) is 26.8 Å². The Morgan fingerprint density at radius 2 is 1.88 bits per heavy atom. The molecule has 25 heavy (non-hydrogen) atoms. The third-order valence-corrected chi connectivity index (χ3v) is 4.61. The number of nitrogens with zero attached hydrogens (tertiary/aromatic N) is 1. The molecule has 2 aromatic rings. The van der Waals surface area contributed by atoms with Crippen molar-refractivity contribution >= 4 is 5.91 Å². The molecule has 4 heteroatoms. The summed E-state index contributed by atoms with van der Waals surface area (Å²) in [6, 6.07) is 17.5. The van der Waals surface area contributed by atoms with E-state index in [1.807, 2.05) is 47.4 Å². The number of carbonyl (C=O) groups excluding carboxylic acids is 1. The van der Waals surface area contributed by atoms with Gasteiger partial charge in [-0.25, -0.2) is 0 Å². The van der Waals surface area contributed by atoms with E-state index in [4.69, 9.17) is 9.47 Å². The van der Waals surface area contributed by atoms with Crippen molar-refractivity contribution in [1.29, 1.82) is 0 Å². The Balaban J connectivity index is 1.50. The Labute approximate surface area is 149 Å². The number of carbonyl (C=O) groups is 1. The lowest BCUT2D eigenvalue weighted by atomic mass is 9.98. The van der Waals surface area contributed by atoms with Gasteiger partial charge in [0.25, 0.3) is 5.91 Å². The summed E-state index contributed by atoms with van der Waals surface area (Å²) < 4.78 is 11.0. The summed E-state index contributed by atoms with van der Waals surface area (Å²) in [5, 5.41) is 0. The molecule has 2 aromatic carbocycles. The predicted octanol–water partition coefficient (Wildman–Crippen LogP) is 3.76. The summed E-state index contributed by atoms with van der Waals surface area (Å²) >= 11 is 0. The Morgan fingerprint density at radius 1 is 1.12 bits per heavy atom. The van der Waals surface area contributed by atoms with E-state index in [1.165, 1.54) is 5.56 Å². The fraction of sp³-hybridized carbons (Fsp3) is 0.381. The third kappa shape index (κ3) is 4.83. The maximum absolute atomic E-state index is 12.7. The second kappa shape index (κ2) is 8.67. The molecule has 1 amide bonds. The summed E-state index contributed by atoms with van der Waals surface area (Å²) in [6.45, 7) is 2.91. The molecule has 0 aromatic heterocycles. The molecule has 1 fully saturated rings. The van der Waals surface area contributed by atoms with Crippen LogP contribution in [0.2, 0.25) is 0 Å². The zero-order valence-electron chi connectivity index (χ0n) is 14.7. The van der Waals surface area contributed by atoms with Gasteiger partial charge < -0.3 is 14.4 Å². The standard InChI is InChI=1S/C21H25NO3/c1-24-20-11-9-19(10-12-20)21(23)22-13-5-8-18(14-22)16-25-15-17-6-3-2-4-7-17/h2-4,6-7,9-12,18H,5,8,13-16H2,1H3. The fourth-order valence-corrected chi connectivity index (χ4v) is 3.22. The zero-order chi connectivity index (χ0) is 17.5. The molecule has 1 saturated heterocycles. The second-order valence-corrected chi connectivity index (χ2v) is 6.49. The summed E-state index contributed by atoms with van der Waals surface area (Å²) in [7, 11) is 1.63. The number of piperidine rings is 1. The van der Waals surface area contributed by atoms with E-state index in [1.54, 1.807) is 7.11 Å². The van der Waals surface area contributed by atoms with Crippen LogP contribution in [0.15, 0.2) is 54.6 Å². The van der Waals surface area contributed by atoms with Crippen LogP contribution in [0.4, 0.5) is 0 Å². The molecule has 0 N–H and O–H groups in total. The average Bonchev–Trinajstić information content (AvgIpc) is 2.68. The van der Waals surface area contributed by atoms with E-state index in [9.17, 15) is 4.79 Å². The van der Waals surface area contributed by atoms with Gasteiger partial charge in [-0.05, 0) is 48.6 Å². The minimum Gasteiger partial charge on any atom is -0.497 e. The average molecular weight is 339 g/mol. The number of methoxy groups -OCH3 is 1. The van der Waals surface area contributed by atoms with Crippen LogP contribution in [0.1, 0.15) is 28.8 Å². The van der Waals surface area contributed by atoms with Crippen LogP contribution in [-0.2, 0) is 11.3 Å². The highest BCUT2D eigenvalue weighted by molar-refractivity contribution is 5.94. The van der Waals surface area contributed by atoms with E-state index in [2.05, 4.69) is 12.1 Å². The van der Waals surface area contributed by atoms with Crippen molar-refractivity contribution in [2.45, 2.75) is 19.4 Å². The molecule has 1 aliphatic rings. The highest BCUT2D eigenvalue weighted by Crippen LogP contribution is 2.20. The summed E-state index contributed by atoms with van der Waals surface area (Å²) in [4.78, 5) is 14.6. The Bertz CT molecular complexity index is 669. The highest BCUT2D eigenvalue weighted by Gasteiger charge is 2.24. The molecular formula is C21H25NO3. The number of hydrogen-bond acceptors (Lipinski definition) is 3. The van der Waals surface area contributed by atoms with E-state index >= 15 is 0 Å². The van der Waals surface area contributed by atoms with Gasteiger partial charge in [0.05, 0.1) is 20.3 Å². The van der Waals surface area contributed by atoms with Gasteiger partial charge in [-0.2, -0.15) is 0 Å². The Kier molecular flexibility index (Phi) is 6.07. The van der Waals surface area contributed by atoms with Gasteiger partial charge in [0.2, 0.25) is 0 Å². The minimum absolute atomic E-state index is 0.0930. The molecule has 4 nitrogen and oxygen atoms in total. The molecule has 0 spiro atoms. The Hall–Kier alpha value is -2.33. The summed E-state index contributed by atoms with van der Waals surface area (Å²) in [6.07, 6.45) is 2.14. The molecule has 1 aliphatic heterocycles. The monoisotopic (exact) mass is 339 g/mol. The molecule has 0 radical (unpaired) electrons. The van der Waals surface area contributed by atoms with Crippen LogP contribution in [-0.4, -0.2) is 37.6 Å². The number of ether oxygens (including phenoxy) is 2. The maximum atomic E-state index is 12.7. The first-order valence-electron chi connectivity index (χ1n) is 8.81. The molecule has 3 rings (SSSR count). The third-order valence-electron chi connectivity index (χ3n) is 4.61. The normalized spacial score (nSPS) is 17.3. The lowest BCUT2D eigenvalue weighted by Gasteiger charge is -2.32. The molecule has 132 valence electrons. The van der Waals surface area contributed by atoms with Crippen molar-refractivity contribution in [3.8, 4) is 5.75 Å². The van der Waals surface area contributed by atoms with Gasteiger partial charge in [-0.15, -0.1) is 0 Å². The first kappa shape index (κ1) is 17.5. The molecule has 0 saturated carbocycles. The van der Waals surface area contributed by atoms with E-state index in [-0.39, 0.29) is 5.91 Å². The molecule has 1 heterocycles. The van der Waals surface area contributed by atoms with Crippen LogP contribution in [0.3, 0.4) is 0 Å². The number of hydrogen-bond donors (Lipinski definition) is 0. The second-order valence-electron chi connectivity index (χ2n) is 6.49. The van der Waals surface area contributed by atoms with Crippen LogP contribution < -0.4 is 4.74 Å². The topological polar surface area (TPSA) is 38.8 Å². The first-order chi connectivity index (χ1) is 12.3. The zero-order valence-corrected chi connectivity index (χ0v) is 14.7. The largest absolute Gasteiger partial charge is 0.497 e. The molecule has 0 aliphatic carbocycles. The predicted molar refractivity (Wildman–Crippen MR) is 97.7 cm³/mol. The fourth-order valence-electron chi connectivity index (χ4n) is 3.22. The SMILES string of the molecule is COc1ccc(C(=O)N2CCCC(COCc3ccccc3)C2)cc1. The minimum atomic E-state index is 0.0930. The van der Waals surface area contributed by atoms with Crippen molar-refractivity contribution < 1.29 is 14.3 Å². The summed E-state index contributed by atoms with van der Waals surface area (Å²) in [5.41, 5.74) is 1.90. The number of rotatable bonds is 6. The van der Waals surface area contributed by atoms with Crippen LogP contribution in [0, 0.1) is 5.92 Å². The van der Waals surface area contributed by atoms with Crippen molar-refractivity contribution in [2.24, 2.45) is 5.92 Å². The van der Waals surface area contributed by atoms with Crippen LogP contribution in [0.25, 0.3) is 0 Å². The van der Waals surface area contributed by atoms with E-state index < -0.39 is 0 Å². The number of likely N-dealkylation sites (tertiary alicyclic amines) is 1. The lowest BCUT2D eigenvalue weighted by Crippen LogP contribution is -2.41. The van der Waals surface area contributed by atoms with Crippen molar-refractivity contribution in [3.05, 3.63) is 65.7 Å². The van der Waals surface area contributed by atoms with Gasteiger partial charge in [0, 0.05) is 18.7 Å². The van der Waals surface area contributed by atoms with Crippen molar-refractivity contribution in [1.82, 2.24) is 4.90 Å². The van der Waals surface area contributed by atoms with E-state index in [0.717, 1.165) is 31.7 Å². The lowest BCUT2D eigenvalue weighted by molar-refractivity contribution is 0.0425. The molecule has 1 unspecified atom stereocenters. The van der Waals surface area contributed by atoms with Crippen LogP contribution >= 0.6 is 0 Å². The van der Waals surface area contributed by atoms with Crippen molar-refractivity contribution in [3.63, 3.8) is 0 Å². The van der Waals surface area contributed by atoms with Crippen LogP contribution in [0.5, 0.6) is 5.75 Å². The summed E-state index contributed by atoms with van der Waals surface area (Å²) in [5.74, 6) is 1.26. The van der Waals surface area contributed by atoms with Gasteiger partial charge in [0.1, 0.15) is 5.75 Å². The van der Waals surface area contributed by atoms with E-state index in [0.29, 0.717) is 24.7 Å². The van der Waals surface area contributed by atoms with Gasteiger partial charge in [-0.1, -0.05) is 30.3 Å². The van der Waals surface area contributed by atoms with Gasteiger partial charge >= 0.3 is 0 Å². The van der Waals surface area contributed by atoms with Gasteiger partial charge in [-0.3, -0.25) is 4.79 Å². The smallest absolute Gasteiger partial charge is 0.253 e. The number of amides is 1. The quantitative estimate of drug-likeness (QED) is 0.804.